The number of hydrogen-bond acceptors (Lipinski definition) is 2. The number of hydrogen-bond donors (Lipinski definition) is 0. The fraction of sp³-hybridized carbons (Fsp3) is 0.333. The molecular formula is C12H11IN2O. The van der Waals surface area contributed by atoms with E-state index >= 15 is 0 Å². The topological polar surface area (TPSA) is 44.1 Å². The van der Waals surface area contributed by atoms with Crippen LogP contribution in [0.4, 0.5) is 0 Å². The molecule has 2 rings (SSSR count). The Kier molecular flexibility index (Phi) is 3.44. The third kappa shape index (κ3) is 2.19. The maximum absolute atomic E-state index is 12.1. The predicted molar refractivity (Wildman–Crippen MR) is 68.8 cm³/mol. The Hall–Kier alpha value is -1.09. The highest BCUT2D eigenvalue weighted by atomic mass is 127. The number of likely N-dealkylation sites (tertiary alicyclic amines) is 1. The molecule has 4 heteroatoms. The summed E-state index contributed by atoms with van der Waals surface area (Å²) in [6.45, 7) is 0.697. The summed E-state index contributed by atoms with van der Waals surface area (Å²) in [4.78, 5) is 13.8. The first-order valence-electron chi connectivity index (χ1n) is 5.18. The van der Waals surface area contributed by atoms with Crippen LogP contribution in [0.25, 0.3) is 0 Å². The molecule has 1 atom stereocenters. The molecule has 16 heavy (non-hydrogen) atoms. The van der Waals surface area contributed by atoms with Crippen molar-refractivity contribution in [1.82, 2.24) is 4.90 Å². The van der Waals surface area contributed by atoms with Gasteiger partial charge >= 0.3 is 0 Å². The largest absolute Gasteiger partial charge is 0.323 e. The van der Waals surface area contributed by atoms with Crippen LogP contribution in [0.2, 0.25) is 0 Å². The predicted octanol–water partition coefficient (Wildman–Crippen LogP) is 2.42. The lowest BCUT2D eigenvalue weighted by molar-refractivity contribution is 0.0765. The van der Waals surface area contributed by atoms with Crippen LogP contribution in [-0.4, -0.2) is 23.4 Å². The summed E-state index contributed by atoms with van der Waals surface area (Å²) < 4.78 is 1.04. The number of halogens is 1. The SMILES string of the molecule is N#CC1CCCN1C(=O)c1cccc(I)c1. The van der Waals surface area contributed by atoms with E-state index in [1.165, 1.54) is 0 Å². The number of rotatable bonds is 1. The Morgan fingerprint density at radius 2 is 2.38 bits per heavy atom. The summed E-state index contributed by atoms with van der Waals surface area (Å²) in [5.41, 5.74) is 0.675. The van der Waals surface area contributed by atoms with Crippen LogP contribution < -0.4 is 0 Å². The van der Waals surface area contributed by atoms with E-state index in [-0.39, 0.29) is 11.9 Å². The average molecular weight is 326 g/mol. The van der Waals surface area contributed by atoms with E-state index in [4.69, 9.17) is 5.26 Å². The first-order valence-corrected chi connectivity index (χ1v) is 6.26. The molecule has 0 saturated carbocycles. The molecule has 1 amide bonds. The molecule has 0 radical (unpaired) electrons. The van der Waals surface area contributed by atoms with Gasteiger partial charge in [0.05, 0.1) is 6.07 Å². The van der Waals surface area contributed by atoms with Crippen molar-refractivity contribution in [2.24, 2.45) is 0 Å². The Morgan fingerprint density at radius 3 is 3.06 bits per heavy atom. The van der Waals surface area contributed by atoms with E-state index < -0.39 is 0 Å². The molecule has 1 aliphatic rings. The van der Waals surface area contributed by atoms with E-state index in [1.807, 2.05) is 18.2 Å². The van der Waals surface area contributed by atoms with Crippen molar-refractivity contribution in [1.29, 1.82) is 5.26 Å². The lowest BCUT2D eigenvalue weighted by Crippen LogP contribution is -2.34. The minimum atomic E-state index is -0.245. The molecule has 0 N–H and O–H groups in total. The number of carbonyl (C=O) groups is 1. The molecule has 0 aromatic heterocycles. The van der Waals surface area contributed by atoms with Crippen LogP contribution in [0.3, 0.4) is 0 Å². The van der Waals surface area contributed by atoms with Crippen LogP contribution >= 0.6 is 22.6 Å². The van der Waals surface area contributed by atoms with Gasteiger partial charge in [0.1, 0.15) is 6.04 Å². The monoisotopic (exact) mass is 326 g/mol. The normalized spacial score (nSPS) is 19.5. The molecule has 1 aliphatic heterocycles. The highest BCUT2D eigenvalue weighted by Gasteiger charge is 2.29. The first kappa shape index (κ1) is 11.4. The van der Waals surface area contributed by atoms with Crippen molar-refractivity contribution in [3.63, 3.8) is 0 Å². The molecule has 1 fully saturated rings. The van der Waals surface area contributed by atoms with Gasteiger partial charge in [-0.2, -0.15) is 5.26 Å². The second kappa shape index (κ2) is 4.83. The van der Waals surface area contributed by atoms with Crippen molar-refractivity contribution in [3.8, 4) is 6.07 Å². The molecule has 3 nitrogen and oxygen atoms in total. The van der Waals surface area contributed by atoms with E-state index in [0.29, 0.717) is 12.1 Å². The van der Waals surface area contributed by atoms with E-state index in [9.17, 15) is 4.79 Å². The lowest BCUT2D eigenvalue weighted by atomic mass is 10.2. The van der Waals surface area contributed by atoms with E-state index in [0.717, 1.165) is 16.4 Å². The van der Waals surface area contributed by atoms with Crippen molar-refractivity contribution in [3.05, 3.63) is 33.4 Å². The molecule has 1 unspecified atom stereocenters. The first-order chi connectivity index (χ1) is 7.72. The summed E-state index contributed by atoms with van der Waals surface area (Å²) >= 11 is 2.18. The molecule has 1 aromatic rings. The molecule has 0 spiro atoms. The van der Waals surface area contributed by atoms with Gasteiger partial charge in [-0.3, -0.25) is 4.79 Å². The summed E-state index contributed by atoms with van der Waals surface area (Å²) in [5, 5.41) is 8.94. The number of carbonyl (C=O) groups excluding carboxylic acids is 1. The Morgan fingerprint density at radius 1 is 1.56 bits per heavy atom. The Labute approximate surface area is 108 Å². The highest BCUT2D eigenvalue weighted by molar-refractivity contribution is 14.1. The van der Waals surface area contributed by atoms with Gasteiger partial charge in [0.25, 0.3) is 5.91 Å². The third-order valence-corrected chi connectivity index (χ3v) is 3.41. The third-order valence-electron chi connectivity index (χ3n) is 2.73. The van der Waals surface area contributed by atoms with Gasteiger partial charge in [-0.1, -0.05) is 6.07 Å². The maximum atomic E-state index is 12.1. The number of benzene rings is 1. The van der Waals surface area contributed by atoms with E-state index in [2.05, 4.69) is 28.7 Å². The lowest BCUT2D eigenvalue weighted by Gasteiger charge is -2.19. The summed E-state index contributed by atoms with van der Waals surface area (Å²) in [6, 6.07) is 9.41. The van der Waals surface area contributed by atoms with Crippen LogP contribution in [-0.2, 0) is 0 Å². The second-order valence-electron chi connectivity index (χ2n) is 3.80. The Bertz CT molecular complexity index is 453. The number of nitrogens with zero attached hydrogens (tertiary/aromatic N) is 2. The van der Waals surface area contributed by atoms with Crippen LogP contribution in [0.5, 0.6) is 0 Å². The minimum absolute atomic E-state index is 0.0254. The van der Waals surface area contributed by atoms with Gasteiger partial charge in [0.15, 0.2) is 0 Å². The number of nitriles is 1. The zero-order valence-corrected chi connectivity index (χ0v) is 10.8. The van der Waals surface area contributed by atoms with Gasteiger partial charge in [-0.05, 0) is 53.6 Å². The quantitative estimate of drug-likeness (QED) is 0.744. The molecule has 1 aromatic carbocycles. The summed E-state index contributed by atoms with van der Waals surface area (Å²) in [6.07, 6.45) is 1.72. The van der Waals surface area contributed by atoms with Crippen LogP contribution in [0.15, 0.2) is 24.3 Å². The van der Waals surface area contributed by atoms with Gasteiger partial charge in [-0.15, -0.1) is 0 Å². The van der Waals surface area contributed by atoms with Gasteiger partial charge in [-0.25, -0.2) is 0 Å². The smallest absolute Gasteiger partial charge is 0.254 e. The molecule has 1 heterocycles. The zero-order valence-electron chi connectivity index (χ0n) is 8.69. The van der Waals surface area contributed by atoms with Gasteiger partial charge in [0, 0.05) is 15.7 Å². The number of amides is 1. The fourth-order valence-corrected chi connectivity index (χ4v) is 2.47. The highest BCUT2D eigenvalue weighted by Crippen LogP contribution is 2.20. The fourth-order valence-electron chi connectivity index (χ4n) is 1.93. The standard InChI is InChI=1S/C12H11IN2O/c13-10-4-1-3-9(7-10)12(16)15-6-2-5-11(15)8-14/h1,3-4,7,11H,2,5-6H2. The average Bonchev–Trinajstić information content (AvgIpc) is 2.76. The van der Waals surface area contributed by atoms with Crippen molar-refractivity contribution < 1.29 is 4.79 Å². The summed E-state index contributed by atoms with van der Waals surface area (Å²) in [7, 11) is 0. The molecular weight excluding hydrogens is 315 g/mol. The van der Waals surface area contributed by atoms with Crippen LogP contribution in [0, 0.1) is 14.9 Å². The van der Waals surface area contributed by atoms with Crippen molar-refractivity contribution in [2.75, 3.05) is 6.54 Å². The second-order valence-corrected chi connectivity index (χ2v) is 5.04. The maximum Gasteiger partial charge on any atom is 0.254 e. The zero-order chi connectivity index (χ0) is 11.5. The van der Waals surface area contributed by atoms with Crippen molar-refractivity contribution >= 4 is 28.5 Å². The molecule has 1 saturated heterocycles. The summed E-state index contributed by atoms with van der Waals surface area (Å²) in [5.74, 6) is -0.0254. The molecule has 0 bridgehead atoms. The Balaban J connectivity index is 2.23. The van der Waals surface area contributed by atoms with Gasteiger partial charge < -0.3 is 4.90 Å². The van der Waals surface area contributed by atoms with E-state index in [1.54, 1.807) is 11.0 Å². The molecule has 82 valence electrons. The minimum Gasteiger partial charge on any atom is -0.323 e. The molecule has 0 aliphatic carbocycles. The van der Waals surface area contributed by atoms with Crippen LogP contribution in [0.1, 0.15) is 23.2 Å². The van der Waals surface area contributed by atoms with Crippen molar-refractivity contribution in [2.45, 2.75) is 18.9 Å². The van der Waals surface area contributed by atoms with Gasteiger partial charge in [0.2, 0.25) is 0 Å².